The van der Waals surface area contributed by atoms with Crippen molar-refractivity contribution in [2.24, 2.45) is 0 Å². The SMILES string of the molecule is COc1cc(NC(=O)OCCO)ccc1Cl. The van der Waals surface area contributed by atoms with Gasteiger partial charge in [0.2, 0.25) is 0 Å². The molecule has 6 heteroatoms. The summed E-state index contributed by atoms with van der Waals surface area (Å²) in [4.78, 5) is 11.1. The summed E-state index contributed by atoms with van der Waals surface area (Å²) >= 11 is 5.81. The summed E-state index contributed by atoms with van der Waals surface area (Å²) in [5.41, 5.74) is 0.504. The number of nitrogens with one attached hydrogen (secondary N) is 1. The summed E-state index contributed by atoms with van der Waals surface area (Å²) in [6, 6.07) is 4.79. The van der Waals surface area contributed by atoms with Crippen LogP contribution in [0.5, 0.6) is 5.75 Å². The number of amides is 1. The maximum Gasteiger partial charge on any atom is 0.411 e. The first kappa shape index (κ1) is 12.6. The van der Waals surface area contributed by atoms with E-state index >= 15 is 0 Å². The molecule has 2 N–H and O–H groups in total. The fraction of sp³-hybridized carbons (Fsp3) is 0.300. The quantitative estimate of drug-likeness (QED) is 0.850. The van der Waals surface area contributed by atoms with Crippen LogP contribution in [0, 0.1) is 0 Å². The van der Waals surface area contributed by atoms with Gasteiger partial charge >= 0.3 is 6.09 Å². The highest BCUT2D eigenvalue weighted by atomic mass is 35.5. The van der Waals surface area contributed by atoms with E-state index in [1.165, 1.54) is 7.11 Å². The molecule has 1 aromatic carbocycles. The van der Waals surface area contributed by atoms with E-state index in [1.807, 2.05) is 0 Å². The first-order valence-electron chi connectivity index (χ1n) is 4.55. The Morgan fingerprint density at radius 2 is 2.31 bits per heavy atom. The Morgan fingerprint density at radius 3 is 2.94 bits per heavy atom. The molecule has 0 saturated carbocycles. The molecule has 1 amide bonds. The number of methoxy groups -OCH3 is 1. The van der Waals surface area contributed by atoms with Gasteiger partial charge in [0.25, 0.3) is 0 Å². The van der Waals surface area contributed by atoms with E-state index in [1.54, 1.807) is 18.2 Å². The maximum absolute atomic E-state index is 11.1. The molecule has 0 spiro atoms. The predicted molar refractivity (Wildman–Crippen MR) is 60.1 cm³/mol. The van der Waals surface area contributed by atoms with Crippen molar-refractivity contribution >= 4 is 23.4 Å². The number of rotatable bonds is 4. The van der Waals surface area contributed by atoms with Gasteiger partial charge < -0.3 is 14.6 Å². The molecule has 0 aromatic heterocycles. The Hall–Kier alpha value is -1.46. The van der Waals surface area contributed by atoms with Gasteiger partial charge in [-0.2, -0.15) is 0 Å². The van der Waals surface area contributed by atoms with Gasteiger partial charge in [0.15, 0.2) is 0 Å². The van der Waals surface area contributed by atoms with E-state index in [4.69, 9.17) is 21.4 Å². The second kappa shape index (κ2) is 6.19. The average Bonchev–Trinajstić information content (AvgIpc) is 2.29. The van der Waals surface area contributed by atoms with E-state index < -0.39 is 6.09 Å². The second-order valence-corrected chi connectivity index (χ2v) is 3.24. The molecular weight excluding hydrogens is 234 g/mol. The first-order chi connectivity index (χ1) is 7.67. The summed E-state index contributed by atoms with van der Waals surface area (Å²) in [5, 5.41) is 11.4. The molecular formula is C10H12ClNO4. The van der Waals surface area contributed by atoms with Crippen molar-refractivity contribution in [2.45, 2.75) is 0 Å². The lowest BCUT2D eigenvalue weighted by Crippen LogP contribution is -2.15. The van der Waals surface area contributed by atoms with Gasteiger partial charge in [-0.3, -0.25) is 5.32 Å². The van der Waals surface area contributed by atoms with Crippen LogP contribution in [0.1, 0.15) is 0 Å². The predicted octanol–water partition coefficient (Wildman–Crippen LogP) is 1.89. The minimum atomic E-state index is -0.640. The molecule has 0 fully saturated rings. The van der Waals surface area contributed by atoms with Crippen molar-refractivity contribution in [1.29, 1.82) is 0 Å². The molecule has 0 bridgehead atoms. The zero-order valence-corrected chi connectivity index (χ0v) is 9.45. The van der Waals surface area contributed by atoms with Crippen LogP contribution >= 0.6 is 11.6 Å². The lowest BCUT2D eigenvalue weighted by molar-refractivity contribution is 0.131. The molecule has 16 heavy (non-hydrogen) atoms. The first-order valence-corrected chi connectivity index (χ1v) is 4.93. The number of hydrogen-bond acceptors (Lipinski definition) is 4. The van der Waals surface area contributed by atoms with Gasteiger partial charge in [-0.15, -0.1) is 0 Å². The van der Waals surface area contributed by atoms with Gasteiger partial charge in [-0.25, -0.2) is 4.79 Å². The van der Waals surface area contributed by atoms with Crippen LogP contribution in [0.25, 0.3) is 0 Å². The zero-order valence-electron chi connectivity index (χ0n) is 8.70. The monoisotopic (exact) mass is 245 g/mol. The van der Waals surface area contributed by atoms with E-state index in [2.05, 4.69) is 10.1 Å². The Kier molecular flexibility index (Phi) is 4.88. The molecule has 0 heterocycles. The third-order valence-electron chi connectivity index (χ3n) is 1.72. The third-order valence-corrected chi connectivity index (χ3v) is 2.03. The molecule has 0 aliphatic rings. The van der Waals surface area contributed by atoms with Crippen molar-refractivity contribution in [2.75, 3.05) is 25.6 Å². The largest absolute Gasteiger partial charge is 0.495 e. The molecule has 0 unspecified atom stereocenters. The molecule has 5 nitrogen and oxygen atoms in total. The van der Waals surface area contributed by atoms with Gasteiger partial charge in [-0.05, 0) is 12.1 Å². The number of benzene rings is 1. The minimum Gasteiger partial charge on any atom is -0.495 e. The Morgan fingerprint density at radius 1 is 1.56 bits per heavy atom. The molecule has 0 aliphatic heterocycles. The molecule has 0 saturated heterocycles. The standard InChI is InChI=1S/C10H12ClNO4/c1-15-9-6-7(2-3-8(9)11)12-10(14)16-5-4-13/h2-3,6,13H,4-5H2,1H3,(H,12,14). The van der Waals surface area contributed by atoms with E-state index in [0.717, 1.165) is 0 Å². The van der Waals surface area contributed by atoms with Crippen molar-refractivity contribution in [3.05, 3.63) is 23.2 Å². The number of halogens is 1. The van der Waals surface area contributed by atoms with Crippen LogP contribution in [0.2, 0.25) is 5.02 Å². The minimum absolute atomic E-state index is 0.0451. The average molecular weight is 246 g/mol. The highest BCUT2D eigenvalue weighted by molar-refractivity contribution is 6.32. The zero-order chi connectivity index (χ0) is 12.0. The van der Waals surface area contributed by atoms with Gasteiger partial charge in [0.1, 0.15) is 12.4 Å². The maximum atomic E-state index is 11.1. The van der Waals surface area contributed by atoms with Crippen LogP contribution in [-0.4, -0.2) is 31.5 Å². The van der Waals surface area contributed by atoms with Crippen molar-refractivity contribution < 1.29 is 19.4 Å². The summed E-state index contributed by atoms with van der Waals surface area (Å²) in [6.07, 6.45) is -0.640. The highest BCUT2D eigenvalue weighted by Gasteiger charge is 2.05. The van der Waals surface area contributed by atoms with Gasteiger partial charge in [-0.1, -0.05) is 11.6 Å². The normalized spacial score (nSPS) is 9.69. The number of aliphatic hydroxyl groups is 1. The smallest absolute Gasteiger partial charge is 0.411 e. The number of anilines is 1. The molecule has 1 rings (SSSR count). The van der Waals surface area contributed by atoms with E-state index in [-0.39, 0.29) is 13.2 Å². The van der Waals surface area contributed by atoms with Gasteiger partial charge in [0.05, 0.1) is 18.7 Å². The topological polar surface area (TPSA) is 67.8 Å². The Balaban J connectivity index is 2.63. The van der Waals surface area contributed by atoms with Crippen LogP contribution in [-0.2, 0) is 4.74 Å². The molecule has 0 atom stereocenters. The summed E-state index contributed by atoms with van der Waals surface area (Å²) < 4.78 is 9.61. The summed E-state index contributed by atoms with van der Waals surface area (Å²) in [6.45, 7) is -0.256. The molecule has 1 aromatic rings. The third kappa shape index (κ3) is 3.60. The number of ether oxygens (including phenoxy) is 2. The number of carbonyl (C=O) groups excluding carboxylic acids is 1. The highest BCUT2D eigenvalue weighted by Crippen LogP contribution is 2.27. The molecule has 0 radical (unpaired) electrons. The van der Waals surface area contributed by atoms with Crippen molar-refractivity contribution in [3.8, 4) is 5.75 Å². The fourth-order valence-corrected chi connectivity index (χ4v) is 1.22. The summed E-state index contributed by atoms with van der Waals surface area (Å²) in [7, 11) is 1.48. The fourth-order valence-electron chi connectivity index (χ4n) is 1.03. The summed E-state index contributed by atoms with van der Waals surface area (Å²) in [5.74, 6) is 0.460. The Bertz CT molecular complexity index is 370. The van der Waals surface area contributed by atoms with Crippen molar-refractivity contribution in [3.63, 3.8) is 0 Å². The lowest BCUT2D eigenvalue weighted by Gasteiger charge is -2.08. The number of carbonyl (C=O) groups is 1. The lowest BCUT2D eigenvalue weighted by atomic mass is 10.3. The number of aliphatic hydroxyl groups excluding tert-OH is 1. The molecule has 88 valence electrons. The molecule has 0 aliphatic carbocycles. The second-order valence-electron chi connectivity index (χ2n) is 2.83. The van der Waals surface area contributed by atoms with Crippen molar-refractivity contribution in [1.82, 2.24) is 0 Å². The van der Waals surface area contributed by atoms with E-state index in [0.29, 0.717) is 16.5 Å². The van der Waals surface area contributed by atoms with E-state index in [9.17, 15) is 4.79 Å². The van der Waals surface area contributed by atoms with Crippen LogP contribution in [0.4, 0.5) is 10.5 Å². The van der Waals surface area contributed by atoms with Crippen LogP contribution in [0.3, 0.4) is 0 Å². The Labute approximate surface area is 97.9 Å². The van der Waals surface area contributed by atoms with Gasteiger partial charge in [0, 0.05) is 11.8 Å². The number of hydrogen-bond donors (Lipinski definition) is 2. The van der Waals surface area contributed by atoms with Crippen LogP contribution < -0.4 is 10.1 Å². The van der Waals surface area contributed by atoms with Crippen LogP contribution in [0.15, 0.2) is 18.2 Å².